The average molecular weight is 301 g/mol. The van der Waals surface area contributed by atoms with Crippen molar-refractivity contribution in [3.05, 3.63) is 0 Å². The molecule has 0 aromatic carbocycles. The lowest BCUT2D eigenvalue weighted by Gasteiger charge is -2.64. The van der Waals surface area contributed by atoms with Gasteiger partial charge >= 0.3 is 0 Å². The Labute approximate surface area is 128 Å². The van der Waals surface area contributed by atoms with Gasteiger partial charge in [0.2, 0.25) is 5.91 Å². The molecule has 0 radical (unpaired) electrons. The Morgan fingerprint density at radius 2 is 1.75 bits per heavy atom. The Kier molecular flexibility index (Phi) is 3.92. The molecule has 1 amide bonds. The van der Waals surface area contributed by atoms with Crippen molar-refractivity contribution in [2.24, 2.45) is 27.9 Å². The first-order valence-electron chi connectivity index (χ1n) is 7.79. The molecule has 0 aliphatic heterocycles. The number of amides is 1. The van der Waals surface area contributed by atoms with Gasteiger partial charge in [-0.3, -0.25) is 4.79 Å². The van der Waals surface area contributed by atoms with Gasteiger partial charge in [0.05, 0.1) is 5.41 Å². The molecule has 4 fully saturated rings. The number of nitrogens with two attached hydrogens (primary N) is 1. The van der Waals surface area contributed by atoms with Crippen LogP contribution in [0.1, 0.15) is 59.3 Å². The van der Waals surface area contributed by atoms with Gasteiger partial charge in [-0.2, -0.15) is 0 Å². The molecule has 3 N–H and O–H groups in total. The lowest BCUT2D eigenvalue weighted by atomic mass is 9.40. The maximum Gasteiger partial charge on any atom is 0.226 e. The summed E-state index contributed by atoms with van der Waals surface area (Å²) in [6, 6.07) is 0.0983. The molecule has 4 heteroatoms. The molecule has 0 spiro atoms. The maximum atomic E-state index is 12.8. The van der Waals surface area contributed by atoms with Crippen LogP contribution >= 0.6 is 12.4 Å². The van der Waals surface area contributed by atoms with E-state index in [1.807, 2.05) is 6.92 Å². The number of hydrogen-bond donors (Lipinski definition) is 2. The summed E-state index contributed by atoms with van der Waals surface area (Å²) in [6.07, 6.45) is 7.29. The summed E-state index contributed by atoms with van der Waals surface area (Å²) in [5.74, 6) is 1.05. The maximum absolute atomic E-state index is 12.8. The summed E-state index contributed by atoms with van der Waals surface area (Å²) >= 11 is 0. The fraction of sp³-hybridized carbons (Fsp3) is 0.938. The third kappa shape index (κ3) is 2.48. The van der Waals surface area contributed by atoms with Gasteiger partial charge in [0.1, 0.15) is 0 Å². The van der Waals surface area contributed by atoms with Crippen molar-refractivity contribution in [1.82, 2.24) is 5.32 Å². The van der Waals surface area contributed by atoms with Crippen molar-refractivity contribution in [2.45, 2.75) is 65.3 Å². The standard InChI is InChI=1S/C16H28N2O.ClH/c1-11(7-17)18-13(19)16-6-12-4-14(2,9-16)8-15(3,5-12)10-16;/h11-12H,4-10,17H2,1-3H3,(H,18,19);1H/t11-,12?,14?,15?,16?;/m1./s1. The Balaban J connectivity index is 0.00000147. The molecule has 3 atom stereocenters. The second kappa shape index (κ2) is 4.88. The molecule has 4 rings (SSSR count). The van der Waals surface area contributed by atoms with Crippen molar-refractivity contribution in [1.29, 1.82) is 0 Å². The first kappa shape index (κ1) is 16.1. The van der Waals surface area contributed by atoms with Gasteiger partial charge in [0.25, 0.3) is 0 Å². The molecule has 4 saturated carbocycles. The quantitative estimate of drug-likeness (QED) is 0.842. The number of nitrogens with one attached hydrogen (secondary N) is 1. The minimum absolute atomic E-state index is 0. The number of halogens is 1. The van der Waals surface area contributed by atoms with E-state index in [4.69, 9.17) is 5.73 Å². The number of hydrogen-bond acceptors (Lipinski definition) is 2. The van der Waals surface area contributed by atoms with E-state index in [-0.39, 0.29) is 29.8 Å². The fourth-order valence-corrected chi connectivity index (χ4v) is 6.14. The topological polar surface area (TPSA) is 55.1 Å². The van der Waals surface area contributed by atoms with Gasteiger partial charge in [0.15, 0.2) is 0 Å². The summed E-state index contributed by atoms with van der Waals surface area (Å²) < 4.78 is 0. The molecule has 116 valence electrons. The highest BCUT2D eigenvalue weighted by Crippen LogP contribution is 2.69. The molecule has 0 aromatic rings. The molecule has 0 heterocycles. The van der Waals surface area contributed by atoms with E-state index in [0.29, 0.717) is 17.4 Å². The van der Waals surface area contributed by atoms with Gasteiger partial charge < -0.3 is 11.1 Å². The minimum atomic E-state index is -0.0909. The SMILES string of the molecule is C[C@H](CN)NC(=O)C12CC3CC(C)(CC(C)(C3)C1)C2.Cl. The number of carbonyl (C=O) groups is 1. The molecule has 0 saturated heterocycles. The van der Waals surface area contributed by atoms with Gasteiger partial charge in [-0.05, 0) is 62.2 Å². The highest BCUT2D eigenvalue weighted by molar-refractivity contribution is 5.85. The lowest BCUT2D eigenvalue weighted by molar-refractivity contribution is -0.170. The molecular weight excluding hydrogens is 272 g/mol. The molecule has 4 aliphatic carbocycles. The zero-order chi connectivity index (χ0) is 13.9. The van der Waals surface area contributed by atoms with Crippen LogP contribution in [0.25, 0.3) is 0 Å². The summed E-state index contributed by atoms with van der Waals surface area (Å²) in [5, 5.41) is 3.16. The van der Waals surface area contributed by atoms with E-state index >= 15 is 0 Å². The Bertz CT molecular complexity index is 393. The van der Waals surface area contributed by atoms with E-state index < -0.39 is 0 Å². The van der Waals surface area contributed by atoms with Crippen LogP contribution in [-0.2, 0) is 4.79 Å². The van der Waals surface area contributed by atoms with E-state index in [9.17, 15) is 4.79 Å². The molecule has 2 unspecified atom stereocenters. The van der Waals surface area contributed by atoms with Crippen LogP contribution in [0, 0.1) is 22.2 Å². The predicted molar refractivity (Wildman–Crippen MR) is 83.7 cm³/mol. The average Bonchev–Trinajstić information content (AvgIpc) is 2.23. The van der Waals surface area contributed by atoms with Crippen molar-refractivity contribution < 1.29 is 4.79 Å². The van der Waals surface area contributed by atoms with Gasteiger partial charge in [0, 0.05) is 12.6 Å². The van der Waals surface area contributed by atoms with Crippen molar-refractivity contribution in [3.8, 4) is 0 Å². The third-order valence-electron chi connectivity index (χ3n) is 5.84. The number of rotatable bonds is 3. The van der Waals surface area contributed by atoms with Crippen LogP contribution in [0.2, 0.25) is 0 Å². The smallest absolute Gasteiger partial charge is 0.226 e. The molecule has 0 aromatic heterocycles. The highest BCUT2D eigenvalue weighted by Gasteiger charge is 2.62. The highest BCUT2D eigenvalue weighted by atomic mass is 35.5. The van der Waals surface area contributed by atoms with Gasteiger partial charge in [-0.15, -0.1) is 12.4 Å². The van der Waals surface area contributed by atoms with E-state index in [0.717, 1.165) is 25.2 Å². The third-order valence-corrected chi connectivity index (χ3v) is 5.84. The van der Waals surface area contributed by atoms with Crippen LogP contribution in [0.3, 0.4) is 0 Å². The Morgan fingerprint density at radius 1 is 1.20 bits per heavy atom. The lowest BCUT2D eigenvalue weighted by Crippen LogP contribution is -2.60. The fourth-order valence-electron chi connectivity index (χ4n) is 6.14. The second-order valence-corrected chi connectivity index (χ2v) is 8.52. The van der Waals surface area contributed by atoms with Crippen LogP contribution < -0.4 is 11.1 Å². The summed E-state index contributed by atoms with van der Waals surface area (Å²) in [7, 11) is 0. The van der Waals surface area contributed by atoms with E-state index in [2.05, 4.69) is 19.2 Å². The van der Waals surface area contributed by atoms with Crippen LogP contribution in [0.5, 0.6) is 0 Å². The largest absolute Gasteiger partial charge is 0.352 e. The number of carbonyl (C=O) groups excluding carboxylic acids is 1. The summed E-state index contributed by atoms with van der Waals surface area (Å²) in [4.78, 5) is 12.8. The summed E-state index contributed by atoms with van der Waals surface area (Å²) in [6.45, 7) is 7.34. The van der Waals surface area contributed by atoms with E-state index in [1.165, 1.54) is 19.3 Å². The van der Waals surface area contributed by atoms with Crippen LogP contribution in [0.15, 0.2) is 0 Å². The second-order valence-electron chi connectivity index (χ2n) is 8.52. The van der Waals surface area contributed by atoms with Crippen LogP contribution in [-0.4, -0.2) is 18.5 Å². The van der Waals surface area contributed by atoms with Crippen molar-refractivity contribution >= 4 is 18.3 Å². The zero-order valence-electron chi connectivity index (χ0n) is 13.0. The normalized spacial score (nSPS) is 46.7. The van der Waals surface area contributed by atoms with Gasteiger partial charge in [-0.25, -0.2) is 0 Å². The predicted octanol–water partition coefficient (Wildman–Crippen LogP) is 2.87. The van der Waals surface area contributed by atoms with Crippen LogP contribution in [0.4, 0.5) is 0 Å². The zero-order valence-corrected chi connectivity index (χ0v) is 13.8. The summed E-state index contributed by atoms with van der Waals surface area (Å²) in [5.41, 5.74) is 6.36. The Hall–Kier alpha value is -0.280. The molecule has 4 aliphatic rings. The van der Waals surface area contributed by atoms with Gasteiger partial charge in [-0.1, -0.05) is 13.8 Å². The van der Waals surface area contributed by atoms with E-state index in [1.54, 1.807) is 0 Å². The Morgan fingerprint density at radius 3 is 2.20 bits per heavy atom. The monoisotopic (exact) mass is 300 g/mol. The first-order valence-corrected chi connectivity index (χ1v) is 7.79. The molecule has 3 nitrogen and oxygen atoms in total. The molecule has 20 heavy (non-hydrogen) atoms. The molecular formula is C16H29ClN2O. The molecule has 4 bridgehead atoms. The minimum Gasteiger partial charge on any atom is -0.352 e. The first-order chi connectivity index (χ1) is 8.78. The van der Waals surface area contributed by atoms with Crippen molar-refractivity contribution in [2.75, 3.05) is 6.54 Å². The van der Waals surface area contributed by atoms with Crippen molar-refractivity contribution in [3.63, 3.8) is 0 Å².